The average Bonchev–Trinajstić information content (AvgIpc) is 3.19. The second kappa shape index (κ2) is 10.5. The number of methoxy groups -OCH3 is 1. The van der Waals surface area contributed by atoms with Gasteiger partial charge in [-0.05, 0) is 36.2 Å². The first-order valence-corrected chi connectivity index (χ1v) is 11.7. The van der Waals surface area contributed by atoms with E-state index in [1.807, 2.05) is 6.07 Å². The first kappa shape index (κ1) is 24.7. The normalized spacial score (nSPS) is 11.5. The van der Waals surface area contributed by atoms with Crippen molar-refractivity contribution in [2.24, 2.45) is 5.16 Å². The number of aryl methyl sites for hydroxylation is 1. The Hall–Kier alpha value is -3.40. The summed E-state index contributed by atoms with van der Waals surface area (Å²) in [5.74, 6) is -0.151. The zero-order valence-corrected chi connectivity index (χ0v) is 21.1. The zero-order chi connectivity index (χ0) is 25.1. The maximum Gasteiger partial charge on any atom is 0.360 e. The van der Waals surface area contributed by atoms with Crippen LogP contribution in [-0.4, -0.2) is 30.3 Å². The number of aromatic nitrogens is 1. The average molecular weight is 533 g/mol. The van der Waals surface area contributed by atoms with Crippen LogP contribution < -0.4 is 10.4 Å². The Balaban J connectivity index is 1.72. The van der Waals surface area contributed by atoms with Crippen LogP contribution in [-0.2, 0) is 21.0 Å². The minimum Gasteiger partial charge on any atom is -0.488 e. The van der Waals surface area contributed by atoms with Crippen LogP contribution in [0.5, 0.6) is 5.75 Å². The lowest BCUT2D eigenvalue weighted by molar-refractivity contribution is -0.132. The van der Waals surface area contributed by atoms with Crippen LogP contribution in [0.1, 0.15) is 16.7 Å². The third-order valence-corrected chi connectivity index (χ3v) is 7.00. The van der Waals surface area contributed by atoms with E-state index in [1.54, 1.807) is 37.3 Å². The molecule has 2 aromatic heterocycles. The summed E-state index contributed by atoms with van der Waals surface area (Å²) in [5, 5.41) is 4.92. The molecule has 4 aromatic rings. The van der Waals surface area contributed by atoms with Crippen LogP contribution in [0.25, 0.3) is 21.4 Å². The summed E-state index contributed by atoms with van der Waals surface area (Å²) >= 11 is 13.4. The third-order valence-electron chi connectivity index (χ3n) is 5.17. The van der Waals surface area contributed by atoms with E-state index in [0.29, 0.717) is 43.8 Å². The second-order valence-corrected chi connectivity index (χ2v) is 8.73. The molecule has 0 fully saturated rings. The summed E-state index contributed by atoms with van der Waals surface area (Å²) in [4.78, 5) is 29.9. The molecular weight excluding hydrogens is 515 g/mol. The summed E-state index contributed by atoms with van der Waals surface area (Å²) in [6.07, 6.45) is 0. The molecule has 0 saturated carbocycles. The molecule has 0 aliphatic rings. The van der Waals surface area contributed by atoms with Gasteiger partial charge in [0, 0.05) is 28.1 Å². The van der Waals surface area contributed by atoms with Gasteiger partial charge in [-0.2, -0.15) is 4.37 Å². The molecule has 0 spiro atoms. The number of ether oxygens (including phenoxy) is 2. The quantitative estimate of drug-likeness (QED) is 0.131. The van der Waals surface area contributed by atoms with Crippen molar-refractivity contribution < 1.29 is 23.5 Å². The molecule has 11 heteroatoms. The Labute approximate surface area is 213 Å². The van der Waals surface area contributed by atoms with Gasteiger partial charge in [0.2, 0.25) is 0 Å². The Morgan fingerprint density at radius 3 is 2.63 bits per heavy atom. The highest BCUT2D eigenvalue weighted by molar-refractivity contribution is 7.11. The smallest absolute Gasteiger partial charge is 0.360 e. The lowest BCUT2D eigenvalue weighted by atomic mass is 10.0. The largest absolute Gasteiger partial charge is 0.488 e. The fourth-order valence-corrected chi connectivity index (χ4v) is 4.79. The van der Waals surface area contributed by atoms with Crippen LogP contribution in [0, 0.1) is 6.92 Å². The summed E-state index contributed by atoms with van der Waals surface area (Å²) < 4.78 is 20.4. The van der Waals surface area contributed by atoms with Crippen LogP contribution in [0.4, 0.5) is 0 Å². The lowest BCUT2D eigenvalue weighted by Crippen LogP contribution is -2.19. The van der Waals surface area contributed by atoms with Gasteiger partial charge in [0.05, 0.1) is 17.0 Å². The Morgan fingerprint density at radius 2 is 1.94 bits per heavy atom. The Morgan fingerprint density at radius 1 is 1.17 bits per heavy atom. The molecule has 180 valence electrons. The highest BCUT2D eigenvalue weighted by Crippen LogP contribution is 2.41. The number of halogens is 2. The van der Waals surface area contributed by atoms with Gasteiger partial charge in [0.25, 0.3) is 0 Å². The van der Waals surface area contributed by atoms with Gasteiger partial charge in [0.1, 0.15) is 25.0 Å². The maximum atomic E-state index is 12.3. The van der Waals surface area contributed by atoms with Gasteiger partial charge >= 0.3 is 11.6 Å². The van der Waals surface area contributed by atoms with E-state index in [-0.39, 0.29) is 22.5 Å². The van der Waals surface area contributed by atoms with Crippen LogP contribution in [0.3, 0.4) is 0 Å². The van der Waals surface area contributed by atoms with Crippen molar-refractivity contribution in [3.8, 4) is 16.2 Å². The van der Waals surface area contributed by atoms with Gasteiger partial charge in [-0.1, -0.05) is 52.6 Å². The SMILES string of the molecule is CO/N=C(/C(=O)OC)c1ccccc1COc1ccc2c(-c3snc(Cl)c3Cl)cc(=O)oc2c1C. The molecule has 0 saturated heterocycles. The number of hydrogen-bond donors (Lipinski definition) is 0. The Bertz CT molecular complexity index is 1510. The Kier molecular flexibility index (Phi) is 7.39. The van der Waals surface area contributed by atoms with Crippen LogP contribution >= 0.6 is 34.7 Å². The van der Waals surface area contributed by atoms with E-state index in [0.717, 1.165) is 11.5 Å². The number of carbonyl (C=O) groups excluding carboxylic acids is 1. The second-order valence-electron chi connectivity index (χ2n) is 7.22. The molecule has 2 aromatic carbocycles. The van der Waals surface area contributed by atoms with Crippen LogP contribution in [0.15, 0.2) is 56.8 Å². The number of fused-ring (bicyclic) bond motifs is 1. The van der Waals surface area contributed by atoms with Crippen molar-refractivity contribution in [2.45, 2.75) is 13.5 Å². The number of rotatable bonds is 7. The molecule has 0 atom stereocenters. The van der Waals surface area contributed by atoms with Gasteiger partial charge in [-0.3, -0.25) is 0 Å². The zero-order valence-electron chi connectivity index (χ0n) is 18.8. The van der Waals surface area contributed by atoms with Gasteiger partial charge in [0.15, 0.2) is 10.9 Å². The van der Waals surface area contributed by atoms with Gasteiger partial charge < -0.3 is 18.7 Å². The van der Waals surface area contributed by atoms with E-state index in [2.05, 4.69) is 9.53 Å². The minimum atomic E-state index is -0.641. The van der Waals surface area contributed by atoms with E-state index in [9.17, 15) is 9.59 Å². The monoisotopic (exact) mass is 532 g/mol. The minimum absolute atomic E-state index is 0.0140. The first-order valence-electron chi connectivity index (χ1n) is 10.1. The number of esters is 1. The number of hydrogen-bond acceptors (Lipinski definition) is 9. The molecule has 8 nitrogen and oxygen atoms in total. The van der Waals surface area contributed by atoms with Gasteiger partial charge in [-0.25, -0.2) is 9.59 Å². The van der Waals surface area contributed by atoms with Crippen molar-refractivity contribution in [3.05, 3.63) is 79.8 Å². The molecule has 2 heterocycles. The number of benzene rings is 2. The molecule has 0 aliphatic heterocycles. The summed E-state index contributed by atoms with van der Waals surface area (Å²) in [5.41, 5.74) is 2.20. The first-order chi connectivity index (χ1) is 16.8. The summed E-state index contributed by atoms with van der Waals surface area (Å²) in [7, 11) is 2.61. The van der Waals surface area contributed by atoms with Crippen LogP contribution in [0.2, 0.25) is 10.2 Å². The predicted molar refractivity (Wildman–Crippen MR) is 135 cm³/mol. The molecule has 0 radical (unpaired) electrons. The molecule has 0 unspecified atom stereocenters. The van der Waals surface area contributed by atoms with Crippen molar-refractivity contribution in [2.75, 3.05) is 14.2 Å². The highest BCUT2D eigenvalue weighted by atomic mass is 35.5. The molecule has 0 bridgehead atoms. The van der Waals surface area contributed by atoms with Crippen molar-refractivity contribution in [3.63, 3.8) is 0 Å². The standard InChI is InChI=1S/C24H18Cl2N2O6S/c1-12-17(33-11-13-6-4-5-7-14(13)20(27-32-3)24(30)31-2)9-8-15-16(10-18(29)34-21(12)15)22-19(25)23(26)28-35-22/h4-10H,11H2,1-3H3/b27-20+. The van der Waals surface area contributed by atoms with Crippen molar-refractivity contribution >= 4 is 57.4 Å². The van der Waals surface area contributed by atoms with E-state index in [1.165, 1.54) is 20.3 Å². The van der Waals surface area contributed by atoms with Gasteiger partial charge in [-0.15, -0.1) is 0 Å². The highest BCUT2D eigenvalue weighted by Gasteiger charge is 2.21. The molecular formula is C24H18Cl2N2O6S. The van der Waals surface area contributed by atoms with E-state index in [4.69, 9.17) is 41.9 Å². The topological polar surface area (TPSA) is 100 Å². The molecule has 0 N–H and O–H groups in total. The summed E-state index contributed by atoms with van der Waals surface area (Å²) in [6.45, 7) is 1.88. The number of carbonyl (C=O) groups is 1. The maximum absolute atomic E-state index is 12.3. The third kappa shape index (κ3) is 4.88. The lowest BCUT2D eigenvalue weighted by Gasteiger charge is -2.14. The van der Waals surface area contributed by atoms with Crippen molar-refractivity contribution in [1.82, 2.24) is 4.37 Å². The molecule has 0 aliphatic carbocycles. The van der Waals surface area contributed by atoms with E-state index >= 15 is 0 Å². The van der Waals surface area contributed by atoms with Crippen molar-refractivity contribution in [1.29, 1.82) is 0 Å². The molecule has 0 amide bonds. The molecule has 35 heavy (non-hydrogen) atoms. The fraction of sp³-hybridized carbons (Fsp3) is 0.167. The van der Waals surface area contributed by atoms with E-state index < -0.39 is 11.6 Å². The summed E-state index contributed by atoms with van der Waals surface area (Å²) in [6, 6.07) is 12.0. The molecule has 4 rings (SSSR count). The fourth-order valence-electron chi connectivity index (χ4n) is 3.53. The number of oxime groups is 1. The predicted octanol–water partition coefficient (Wildman–Crippen LogP) is 5.63. The number of nitrogens with zero attached hydrogens (tertiary/aromatic N) is 2.